The van der Waals surface area contributed by atoms with Gasteiger partial charge in [-0.15, -0.1) is 0 Å². The zero-order valence-corrected chi connectivity index (χ0v) is 6.98. The van der Waals surface area contributed by atoms with Crippen LogP contribution >= 0.6 is 0 Å². The molecule has 0 amide bonds. The molecule has 1 aliphatic rings. The Hall–Kier alpha value is -1.52. The van der Waals surface area contributed by atoms with E-state index in [4.69, 9.17) is 14.6 Å². The predicted octanol–water partition coefficient (Wildman–Crippen LogP) is 0.971. The number of aliphatic carboxylic acids is 1. The van der Waals surface area contributed by atoms with E-state index in [1.54, 1.807) is 6.26 Å². The second kappa shape index (κ2) is 6.21. The minimum absolute atomic E-state index is 0.618. The molecule has 1 N–H and O–H groups in total. The van der Waals surface area contributed by atoms with Crippen molar-refractivity contribution in [3.8, 4) is 0 Å². The zero-order valence-electron chi connectivity index (χ0n) is 6.98. The number of nitrogens with zero attached hydrogens (tertiary/aromatic N) is 1. The molecule has 0 aromatic carbocycles. The molecule has 0 saturated heterocycles. The lowest BCUT2D eigenvalue weighted by molar-refractivity contribution is -0.134. The fourth-order valence-corrected chi connectivity index (χ4v) is 0.484. The van der Waals surface area contributed by atoms with Gasteiger partial charge in [0.1, 0.15) is 7.11 Å². The van der Waals surface area contributed by atoms with Crippen LogP contribution in [0.15, 0.2) is 17.5 Å². The molecule has 1 rings (SSSR count). The van der Waals surface area contributed by atoms with Gasteiger partial charge < -0.3 is 14.7 Å². The quantitative estimate of drug-likeness (QED) is 0.600. The lowest BCUT2D eigenvalue weighted by Gasteiger charge is -1.91. The van der Waals surface area contributed by atoms with Gasteiger partial charge in [-0.1, -0.05) is 5.16 Å². The third-order valence-corrected chi connectivity index (χ3v) is 0.786. The minimum Gasteiger partial charge on any atom is -0.481 e. The first kappa shape index (κ1) is 10.5. The molecule has 5 nitrogen and oxygen atoms in total. The Kier molecular flexibility index (Phi) is 5.42. The van der Waals surface area contributed by atoms with Crippen LogP contribution in [0.25, 0.3) is 0 Å². The molecule has 0 aromatic rings. The molecule has 0 fully saturated rings. The highest BCUT2D eigenvalue weighted by atomic mass is 16.6. The van der Waals surface area contributed by atoms with Gasteiger partial charge in [-0.2, -0.15) is 0 Å². The van der Waals surface area contributed by atoms with E-state index in [1.165, 1.54) is 7.11 Å². The molecule has 0 bridgehead atoms. The maximum absolute atomic E-state index is 9.00. The second-order valence-corrected chi connectivity index (χ2v) is 1.88. The Morgan fingerprint density at radius 3 is 2.75 bits per heavy atom. The van der Waals surface area contributed by atoms with Crippen molar-refractivity contribution in [2.75, 3.05) is 7.11 Å². The number of hydrogen-bond donors (Lipinski definition) is 1. The average Bonchev–Trinajstić information content (AvgIpc) is 2.39. The van der Waals surface area contributed by atoms with E-state index in [9.17, 15) is 0 Å². The highest BCUT2D eigenvalue weighted by Gasteiger charge is 2.01. The summed E-state index contributed by atoms with van der Waals surface area (Å²) < 4.78 is 4.84. The van der Waals surface area contributed by atoms with Gasteiger partial charge >= 0.3 is 0 Å². The molecule has 68 valence electrons. The summed E-state index contributed by atoms with van der Waals surface area (Å²) in [5.41, 5.74) is 0. The molecule has 0 atom stereocenters. The molecule has 0 saturated carbocycles. The molecule has 0 unspecified atom stereocenters. The van der Waals surface area contributed by atoms with Gasteiger partial charge in [0, 0.05) is 13.3 Å². The van der Waals surface area contributed by atoms with Crippen LogP contribution in [0, 0.1) is 0 Å². The second-order valence-electron chi connectivity index (χ2n) is 1.88. The van der Waals surface area contributed by atoms with Crippen LogP contribution in [-0.4, -0.2) is 24.1 Å². The van der Waals surface area contributed by atoms with E-state index >= 15 is 0 Å². The average molecular weight is 173 g/mol. The van der Waals surface area contributed by atoms with Gasteiger partial charge in [0.05, 0.1) is 6.26 Å². The van der Waals surface area contributed by atoms with Crippen LogP contribution in [0.4, 0.5) is 0 Å². The normalized spacial score (nSPS) is 16.3. The summed E-state index contributed by atoms with van der Waals surface area (Å²) in [4.78, 5) is 13.4. The standard InChI is InChI=1S/C5H7NO2.C2H4O2/c1-7-6-5-3-2-4-8-5;1-2(3)4/h2,4H,3H2,1H3;1H3,(H,3,4). The van der Waals surface area contributed by atoms with Gasteiger partial charge in [0.15, 0.2) is 0 Å². The number of carbonyl (C=O) groups is 1. The van der Waals surface area contributed by atoms with Crippen molar-refractivity contribution in [3.05, 3.63) is 12.3 Å². The fourth-order valence-electron chi connectivity index (χ4n) is 0.484. The molecular formula is C7H11NO4. The molecule has 12 heavy (non-hydrogen) atoms. The molecule has 5 heteroatoms. The van der Waals surface area contributed by atoms with Crippen molar-refractivity contribution < 1.29 is 19.5 Å². The monoisotopic (exact) mass is 173 g/mol. The Morgan fingerprint density at radius 1 is 1.83 bits per heavy atom. The van der Waals surface area contributed by atoms with Crippen molar-refractivity contribution in [2.45, 2.75) is 13.3 Å². The summed E-state index contributed by atoms with van der Waals surface area (Å²) in [6.07, 6.45) is 4.21. The van der Waals surface area contributed by atoms with Crippen molar-refractivity contribution in [2.24, 2.45) is 5.16 Å². The number of hydrogen-bond acceptors (Lipinski definition) is 4. The zero-order chi connectivity index (χ0) is 9.40. The van der Waals surface area contributed by atoms with Crippen LogP contribution in [0.1, 0.15) is 13.3 Å². The molecule has 0 aliphatic carbocycles. The molecule has 1 aliphatic heterocycles. The summed E-state index contributed by atoms with van der Waals surface area (Å²) in [6, 6.07) is 0. The SMILES string of the molecule is CC(=O)O.CON=C1CC=CO1. The van der Waals surface area contributed by atoms with Gasteiger partial charge in [-0.25, -0.2) is 0 Å². The number of carboxylic acids is 1. The highest BCUT2D eigenvalue weighted by molar-refractivity contribution is 5.79. The summed E-state index contributed by atoms with van der Waals surface area (Å²) >= 11 is 0. The fraction of sp³-hybridized carbons (Fsp3) is 0.429. The van der Waals surface area contributed by atoms with Crippen molar-refractivity contribution in [3.63, 3.8) is 0 Å². The summed E-state index contributed by atoms with van der Waals surface area (Å²) in [7, 11) is 1.49. The number of oxime groups is 1. The summed E-state index contributed by atoms with van der Waals surface area (Å²) in [6.45, 7) is 1.08. The first-order valence-corrected chi connectivity index (χ1v) is 3.28. The number of ether oxygens (including phenoxy) is 1. The Labute approximate surface area is 70.3 Å². The smallest absolute Gasteiger partial charge is 0.300 e. The molecule has 0 spiro atoms. The van der Waals surface area contributed by atoms with Crippen LogP contribution < -0.4 is 0 Å². The van der Waals surface area contributed by atoms with Crippen molar-refractivity contribution in [1.82, 2.24) is 0 Å². The topological polar surface area (TPSA) is 68.1 Å². The first-order chi connectivity index (χ1) is 5.66. The van der Waals surface area contributed by atoms with E-state index in [1.807, 2.05) is 6.08 Å². The third-order valence-electron chi connectivity index (χ3n) is 0.786. The van der Waals surface area contributed by atoms with Gasteiger partial charge in [-0.3, -0.25) is 4.79 Å². The lowest BCUT2D eigenvalue weighted by Crippen LogP contribution is -1.92. The minimum atomic E-state index is -0.833. The first-order valence-electron chi connectivity index (χ1n) is 3.28. The van der Waals surface area contributed by atoms with Crippen LogP contribution in [0.5, 0.6) is 0 Å². The highest BCUT2D eigenvalue weighted by Crippen LogP contribution is 2.00. The molecular weight excluding hydrogens is 162 g/mol. The third kappa shape index (κ3) is 6.60. The van der Waals surface area contributed by atoms with E-state index in [2.05, 4.69) is 9.99 Å². The van der Waals surface area contributed by atoms with Crippen molar-refractivity contribution >= 4 is 11.9 Å². The lowest BCUT2D eigenvalue weighted by atomic mass is 10.5. The largest absolute Gasteiger partial charge is 0.481 e. The van der Waals surface area contributed by atoms with Gasteiger partial charge in [0.2, 0.25) is 5.90 Å². The summed E-state index contributed by atoms with van der Waals surface area (Å²) in [5.74, 6) is -0.215. The Morgan fingerprint density at radius 2 is 2.42 bits per heavy atom. The predicted molar refractivity (Wildman–Crippen MR) is 42.6 cm³/mol. The number of carboxylic acid groups (broad SMARTS) is 1. The van der Waals surface area contributed by atoms with Gasteiger partial charge in [0.25, 0.3) is 5.97 Å². The van der Waals surface area contributed by atoms with E-state index in [-0.39, 0.29) is 0 Å². The molecule has 0 aromatic heterocycles. The van der Waals surface area contributed by atoms with E-state index < -0.39 is 5.97 Å². The van der Waals surface area contributed by atoms with Crippen LogP contribution in [-0.2, 0) is 14.4 Å². The van der Waals surface area contributed by atoms with Crippen LogP contribution in [0.3, 0.4) is 0 Å². The maximum Gasteiger partial charge on any atom is 0.300 e. The Balaban J connectivity index is 0.000000261. The number of rotatable bonds is 1. The molecule has 0 radical (unpaired) electrons. The van der Waals surface area contributed by atoms with E-state index in [0.717, 1.165) is 13.3 Å². The Bertz CT molecular complexity index is 184. The summed E-state index contributed by atoms with van der Waals surface area (Å²) in [5, 5.41) is 11.0. The van der Waals surface area contributed by atoms with Crippen molar-refractivity contribution in [1.29, 1.82) is 0 Å². The molecule has 1 heterocycles. The van der Waals surface area contributed by atoms with Crippen LogP contribution in [0.2, 0.25) is 0 Å². The maximum atomic E-state index is 9.00. The van der Waals surface area contributed by atoms with Gasteiger partial charge in [-0.05, 0) is 6.08 Å². The van der Waals surface area contributed by atoms with E-state index in [0.29, 0.717) is 5.90 Å².